The van der Waals surface area contributed by atoms with E-state index in [-0.39, 0.29) is 12.1 Å². The van der Waals surface area contributed by atoms with E-state index in [0.29, 0.717) is 24.3 Å². The highest BCUT2D eigenvalue weighted by Crippen LogP contribution is 2.28. The molecule has 1 saturated heterocycles. The minimum atomic E-state index is 0.0312. The Morgan fingerprint density at radius 2 is 1.75 bits per heavy atom. The lowest BCUT2D eigenvalue weighted by Gasteiger charge is -2.33. The monoisotopic (exact) mass is 274 g/mol. The second-order valence-corrected chi connectivity index (χ2v) is 6.39. The van der Waals surface area contributed by atoms with Gasteiger partial charge in [0.15, 0.2) is 0 Å². The van der Waals surface area contributed by atoms with Gasteiger partial charge in [-0.15, -0.1) is 0 Å². The van der Waals surface area contributed by atoms with Crippen molar-refractivity contribution in [3.63, 3.8) is 0 Å². The molecule has 1 aliphatic heterocycles. The highest BCUT2D eigenvalue weighted by Gasteiger charge is 2.34. The molecular formula is C17H26N2O. The number of nitrogens with zero attached hydrogens (tertiary/aromatic N) is 1. The van der Waals surface area contributed by atoms with Gasteiger partial charge >= 0.3 is 0 Å². The molecule has 0 saturated carbocycles. The second kappa shape index (κ2) is 6.40. The van der Waals surface area contributed by atoms with E-state index in [2.05, 4.69) is 45.1 Å². The molecule has 1 N–H and O–H groups in total. The lowest BCUT2D eigenvalue weighted by molar-refractivity contribution is -0.129. The Bertz CT molecular complexity index is 434. The smallest absolute Gasteiger partial charge is 0.238 e. The number of amides is 1. The summed E-state index contributed by atoms with van der Waals surface area (Å²) in [6, 6.07) is 10.2. The van der Waals surface area contributed by atoms with Crippen LogP contribution in [0.2, 0.25) is 0 Å². The van der Waals surface area contributed by atoms with Crippen molar-refractivity contribution in [1.29, 1.82) is 0 Å². The third kappa shape index (κ3) is 3.21. The molecule has 2 rings (SSSR count). The number of carbonyl (C=O) groups is 1. The van der Waals surface area contributed by atoms with Crippen LogP contribution in [0.25, 0.3) is 0 Å². The summed E-state index contributed by atoms with van der Waals surface area (Å²) in [4.78, 5) is 14.2. The van der Waals surface area contributed by atoms with Gasteiger partial charge in [-0.05, 0) is 23.3 Å². The summed E-state index contributed by atoms with van der Waals surface area (Å²) in [6.45, 7) is 10.3. The van der Waals surface area contributed by atoms with Crippen molar-refractivity contribution in [3.05, 3.63) is 35.9 Å². The minimum Gasteiger partial charge on any atom is -0.322 e. The fourth-order valence-corrected chi connectivity index (χ4v) is 3.10. The molecule has 1 unspecified atom stereocenters. The van der Waals surface area contributed by atoms with E-state index < -0.39 is 0 Å². The molecular weight excluding hydrogens is 248 g/mol. The maximum atomic E-state index is 12.2. The van der Waals surface area contributed by atoms with Gasteiger partial charge in [0.2, 0.25) is 5.91 Å². The van der Waals surface area contributed by atoms with Gasteiger partial charge in [-0.25, -0.2) is 0 Å². The highest BCUT2D eigenvalue weighted by atomic mass is 16.2. The van der Waals surface area contributed by atoms with Crippen molar-refractivity contribution in [1.82, 2.24) is 10.2 Å². The number of nitrogens with one attached hydrogen (secondary N) is 1. The molecule has 110 valence electrons. The van der Waals surface area contributed by atoms with E-state index in [9.17, 15) is 4.79 Å². The zero-order valence-corrected chi connectivity index (χ0v) is 13.0. The van der Waals surface area contributed by atoms with Gasteiger partial charge in [-0.3, -0.25) is 10.1 Å². The van der Waals surface area contributed by atoms with Crippen molar-refractivity contribution in [2.24, 2.45) is 17.8 Å². The van der Waals surface area contributed by atoms with Crippen LogP contribution in [0.5, 0.6) is 0 Å². The van der Waals surface area contributed by atoms with Crippen LogP contribution in [0.3, 0.4) is 0 Å². The summed E-state index contributed by atoms with van der Waals surface area (Å²) in [6.07, 6.45) is 0.0312. The van der Waals surface area contributed by atoms with Gasteiger partial charge in [0.05, 0.1) is 6.54 Å². The fourth-order valence-electron chi connectivity index (χ4n) is 3.10. The third-order valence-corrected chi connectivity index (χ3v) is 4.31. The maximum absolute atomic E-state index is 12.2. The average molecular weight is 274 g/mol. The molecule has 1 aromatic rings. The van der Waals surface area contributed by atoms with E-state index >= 15 is 0 Å². The zero-order chi connectivity index (χ0) is 14.7. The van der Waals surface area contributed by atoms with E-state index in [1.54, 1.807) is 0 Å². The molecule has 0 spiro atoms. The Kier molecular flexibility index (Phi) is 4.81. The van der Waals surface area contributed by atoms with E-state index in [1.165, 1.54) is 5.56 Å². The topological polar surface area (TPSA) is 32.3 Å². The van der Waals surface area contributed by atoms with Crippen molar-refractivity contribution in [3.8, 4) is 0 Å². The van der Waals surface area contributed by atoms with Crippen LogP contribution in [-0.4, -0.2) is 23.9 Å². The number of carbonyl (C=O) groups excluding carboxylic acids is 1. The molecule has 3 heteroatoms. The number of hydrogen-bond donors (Lipinski definition) is 1. The lowest BCUT2D eigenvalue weighted by atomic mass is 9.85. The zero-order valence-electron chi connectivity index (χ0n) is 13.0. The molecule has 0 radical (unpaired) electrons. The van der Waals surface area contributed by atoms with Crippen molar-refractivity contribution in [2.75, 3.05) is 13.1 Å². The molecule has 1 aromatic carbocycles. The Balaban J connectivity index is 2.17. The fraction of sp³-hybridized carbons (Fsp3) is 0.588. The molecule has 0 bridgehead atoms. The number of benzene rings is 1. The van der Waals surface area contributed by atoms with Crippen LogP contribution in [0.15, 0.2) is 30.3 Å². The Morgan fingerprint density at radius 1 is 1.15 bits per heavy atom. The molecule has 1 atom stereocenters. The molecule has 1 amide bonds. The van der Waals surface area contributed by atoms with Crippen LogP contribution in [0, 0.1) is 17.8 Å². The Labute approximate surface area is 122 Å². The normalized spacial score (nSPS) is 19.6. The maximum Gasteiger partial charge on any atom is 0.238 e. The first-order valence-corrected chi connectivity index (χ1v) is 7.58. The Morgan fingerprint density at radius 3 is 2.30 bits per heavy atom. The van der Waals surface area contributed by atoms with Crippen LogP contribution in [-0.2, 0) is 4.79 Å². The van der Waals surface area contributed by atoms with E-state index in [1.807, 2.05) is 23.1 Å². The number of hydrogen-bond acceptors (Lipinski definition) is 2. The van der Waals surface area contributed by atoms with Crippen molar-refractivity contribution < 1.29 is 4.79 Å². The van der Waals surface area contributed by atoms with Crippen LogP contribution >= 0.6 is 0 Å². The van der Waals surface area contributed by atoms with Gasteiger partial charge < -0.3 is 4.90 Å². The van der Waals surface area contributed by atoms with Gasteiger partial charge in [0.1, 0.15) is 6.17 Å². The van der Waals surface area contributed by atoms with Crippen LogP contribution in [0.1, 0.15) is 39.4 Å². The Hall–Kier alpha value is -1.35. The van der Waals surface area contributed by atoms with Crippen molar-refractivity contribution >= 4 is 5.91 Å². The minimum absolute atomic E-state index is 0.0312. The molecule has 3 nitrogen and oxygen atoms in total. The van der Waals surface area contributed by atoms with Crippen molar-refractivity contribution in [2.45, 2.75) is 33.9 Å². The predicted molar refractivity (Wildman–Crippen MR) is 82.1 cm³/mol. The van der Waals surface area contributed by atoms with E-state index in [4.69, 9.17) is 0 Å². The van der Waals surface area contributed by atoms with Gasteiger partial charge in [-0.2, -0.15) is 0 Å². The molecule has 1 aliphatic rings. The summed E-state index contributed by atoms with van der Waals surface area (Å²) in [5.41, 5.74) is 1.17. The van der Waals surface area contributed by atoms with Gasteiger partial charge in [0, 0.05) is 6.54 Å². The van der Waals surface area contributed by atoms with Gasteiger partial charge in [0.25, 0.3) is 0 Å². The molecule has 0 aliphatic carbocycles. The highest BCUT2D eigenvalue weighted by molar-refractivity contribution is 5.81. The largest absolute Gasteiger partial charge is 0.322 e. The van der Waals surface area contributed by atoms with E-state index in [0.717, 1.165) is 6.54 Å². The first-order valence-electron chi connectivity index (χ1n) is 7.58. The van der Waals surface area contributed by atoms with Crippen LogP contribution in [0.4, 0.5) is 0 Å². The number of rotatable bonds is 5. The molecule has 20 heavy (non-hydrogen) atoms. The molecule has 1 fully saturated rings. The molecule has 1 heterocycles. The SMILES string of the molecule is CC(C)C(CN1C(=O)CNC1c1ccccc1)C(C)C. The lowest BCUT2D eigenvalue weighted by Crippen LogP contribution is -2.38. The summed E-state index contributed by atoms with van der Waals surface area (Å²) in [5.74, 6) is 1.91. The average Bonchev–Trinajstić information content (AvgIpc) is 2.77. The summed E-state index contributed by atoms with van der Waals surface area (Å²) in [5, 5.41) is 3.33. The predicted octanol–water partition coefficient (Wildman–Crippen LogP) is 3.05. The quantitative estimate of drug-likeness (QED) is 0.895. The first kappa shape index (κ1) is 15.0. The van der Waals surface area contributed by atoms with Gasteiger partial charge in [-0.1, -0.05) is 58.0 Å². The second-order valence-electron chi connectivity index (χ2n) is 6.39. The summed E-state index contributed by atoms with van der Waals surface area (Å²) >= 11 is 0. The molecule has 0 aromatic heterocycles. The first-order chi connectivity index (χ1) is 9.50. The summed E-state index contributed by atoms with van der Waals surface area (Å²) in [7, 11) is 0. The third-order valence-electron chi connectivity index (χ3n) is 4.31. The standard InChI is InChI=1S/C17H26N2O/c1-12(2)15(13(3)4)11-19-16(20)10-18-17(19)14-8-6-5-7-9-14/h5-9,12-13,15,17-18H,10-11H2,1-4H3. The van der Waals surface area contributed by atoms with Crippen LogP contribution < -0.4 is 5.32 Å². The summed E-state index contributed by atoms with van der Waals surface area (Å²) < 4.78 is 0.